The van der Waals surface area contributed by atoms with E-state index in [9.17, 15) is 18.0 Å². The summed E-state index contributed by atoms with van der Waals surface area (Å²) >= 11 is 7.42. The number of aryl methyl sites for hydroxylation is 1. The van der Waals surface area contributed by atoms with Gasteiger partial charge in [-0.05, 0) is 54.4 Å². The van der Waals surface area contributed by atoms with Gasteiger partial charge in [-0.2, -0.15) is 10.1 Å². The number of benzene rings is 2. The Labute approximate surface area is 267 Å². The molecule has 4 heterocycles. The number of hydrogen-bond donors (Lipinski definition) is 2. The minimum Gasteiger partial charge on any atom is -0.497 e. The van der Waals surface area contributed by atoms with Crippen molar-refractivity contribution in [2.75, 3.05) is 40.0 Å². The molecule has 17 heteroatoms. The number of morpholine rings is 1. The molecule has 45 heavy (non-hydrogen) atoms. The predicted octanol–water partition coefficient (Wildman–Crippen LogP) is 2.31. The molecule has 2 aromatic heterocycles. The van der Waals surface area contributed by atoms with Crippen molar-refractivity contribution < 1.29 is 22.7 Å². The van der Waals surface area contributed by atoms with Gasteiger partial charge in [-0.3, -0.25) is 14.5 Å². The average Bonchev–Trinajstić information content (AvgIpc) is 3.55. The summed E-state index contributed by atoms with van der Waals surface area (Å²) in [4.78, 5) is 40.0. The van der Waals surface area contributed by atoms with Crippen LogP contribution in [0.2, 0.25) is 5.02 Å². The van der Waals surface area contributed by atoms with Crippen LogP contribution in [-0.2, 0) is 19.6 Å². The van der Waals surface area contributed by atoms with Crippen LogP contribution in [0.15, 0.2) is 63.2 Å². The van der Waals surface area contributed by atoms with Crippen molar-refractivity contribution in [1.29, 1.82) is 0 Å². The topological polar surface area (TPSA) is 164 Å². The van der Waals surface area contributed by atoms with E-state index in [0.29, 0.717) is 54.7 Å². The maximum atomic E-state index is 14.1. The number of aromatic amines is 1. The lowest BCUT2D eigenvalue weighted by molar-refractivity contribution is -0.132. The van der Waals surface area contributed by atoms with Gasteiger partial charge in [0, 0.05) is 30.9 Å². The smallest absolute Gasteiger partial charge is 0.283 e. The first-order chi connectivity index (χ1) is 21.6. The highest BCUT2D eigenvalue weighted by atomic mass is 35.5. The molecule has 0 saturated carbocycles. The standard InChI is InChI=1S/C28H29ClN8O6S2/c1-17-32-33-28-31-24(30-15-18-3-9-21(42-2)10-4-18)23(26(39)36(17)28)45(40,41)34-37-25(38)22(16-35-11-13-43-14-12-35)44-27(37)19-5-7-20(29)8-6-19/h3-10,15,22,27,34H,11-14,16H2,1-2H3,(H,31,33)/b30-15+. The number of thioether (sulfide) groups is 1. The van der Waals surface area contributed by atoms with Crippen LogP contribution in [-0.4, -0.2) is 95.2 Å². The van der Waals surface area contributed by atoms with Crippen molar-refractivity contribution in [3.63, 3.8) is 0 Å². The number of nitrogens with zero attached hydrogens (tertiary/aromatic N) is 6. The summed E-state index contributed by atoms with van der Waals surface area (Å²) in [7, 11) is -3.19. The van der Waals surface area contributed by atoms with Gasteiger partial charge in [0.1, 0.15) is 22.2 Å². The third-order valence-corrected chi connectivity index (χ3v) is 10.3. The summed E-state index contributed by atoms with van der Waals surface area (Å²) in [6.07, 6.45) is 1.38. The van der Waals surface area contributed by atoms with E-state index in [-0.39, 0.29) is 17.4 Å². The number of H-pyrrole nitrogens is 1. The van der Waals surface area contributed by atoms with Gasteiger partial charge in [0.15, 0.2) is 10.7 Å². The molecule has 2 aliphatic heterocycles. The summed E-state index contributed by atoms with van der Waals surface area (Å²) in [5.41, 5.74) is 0.335. The number of amides is 1. The molecular weight excluding hydrogens is 644 g/mol. The summed E-state index contributed by atoms with van der Waals surface area (Å²) < 4.78 is 39.9. The zero-order valence-corrected chi connectivity index (χ0v) is 26.6. The van der Waals surface area contributed by atoms with Gasteiger partial charge in [0.05, 0.1) is 20.3 Å². The fourth-order valence-electron chi connectivity index (χ4n) is 5.01. The van der Waals surface area contributed by atoms with Crippen LogP contribution >= 0.6 is 23.4 Å². The van der Waals surface area contributed by atoms with Gasteiger partial charge in [0.25, 0.3) is 21.5 Å². The maximum Gasteiger partial charge on any atom is 0.283 e. The maximum absolute atomic E-state index is 14.1. The lowest BCUT2D eigenvalue weighted by Crippen LogP contribution is -2.49. The first-order valence-corrected chi connectivity index (χ1v) is 16.7. The number of hydrazine groups is 1. The van der Waals surface area contributed by atoms with Crippen molar-refractivity contribution in [1.82, 2.24) is 34.3 Å². The molecule has 2 aliphatic rings. The number of rotatable bonds is 9. The number of aliphatic imine (C=N–C) groups is 1. The largest absolute Gasteiger partial charge is 0.497 e. The molecule has 0 aliphatic carbocycles. The minimum absolute atomic E-state index is 0.00995. The highest BCUT2D eigenvalue weighted by molar-refractivity contribution is 8.01. The van der Waals surface area contributed by atoms with Gasteiger partial charge < -0.3 is 9.47 Å². The third-order valence-electron chi connectivity index (χ3n) is 7.33. The van der Waals surface area contributed by atoms with Crippen molar-refractivity contribution in [2.24, 2.45) is 4.99 Å². The molecule has 2 saturated heterocycles. The zero-order chi connectivity index (χ0) is 31.7. The number of hydrogen-bond acceptors (Lipinski definition) is 11. The number of nitrogens with one attached hydrogen (secondary N) is 2. The fraction of sp³-hybridized carbons (Fsp3) is 0.321. The van der Waals surface area contributed by atoms with E-state index in [1.807, 2.05) is 0 Å². The van der Waals surface area contributed by atoms with Crippen LogP contribution in [0.3, 0.4) is 0 Å². The minimum atomic E-state index is -4.73. The Morgan fingerprint density at radius 2 is 1.87 bits per heavy atom. The van der Waals surface area contributed by atoms with Crippen LogP contribution in [0.4, 0.5) is 5.82 Å². The van der Waals surface area contributed by atoms with E-state index >= 15 is 0 Å². The molecule has 4 aromatic rings. The first-order valence-electron chi connectivity index (χ1n) is 13.9. The number of methoxy groups -OCH3 is 1. The number of sulfonamides is 1. The van der Waals surface area contributed by atoms with Crippen LogP contribution in [0.5, 0.6) is 5.75 Å². The zero-order valence-electron chi connectivity index (χ0n) is 24.2. The van der Waals surface area contributed by atoms with E-state index in [4.69, 9.17) is 21.1 Å². The monoisotopic (exact) mass is 672 g/mol. The van der Waals surface area contributed by atoms with E-state index in [0.717, 1.165) is 9.41 Å². The molecule has 6 rings (SSSR count). The Kier molecular flexibility index (Phi) is 8.94. The Morgan fingerprint density at radius 3 is 2.56 bits per heavy atom. The molecule has 2 aromatic carbocycles. The number of aromatic nitrogens is 4. The van der Waals surface area contributed by atoms with Crippen molar-refractivity contribution >= 4 is 57.1 Å². The number of carbonyl (C=O) groups is 1. The van der Waals surface area contributed by atoms with E-state index < -0.39 is 37.0 Å². The number of ether oxygens (including phenoxy) is 2. The van der Waals surface area contributed by atoms with Crippen molar-refractivity contribution in [3.05, 3.63) is 80.9 Å². The van der Waals surface area contributed by atoms with Gasteiger partial charge in [-0.1, -0.05) is 23.7 Å². The fourth-order valence-corrected chi connectivity index (χ4v) is 7.84. The van der Waals surface area contributed by atoms with Gasteiger partial charge in [-0.15, -0.1) is 16.6 Å². The van der Waals surface area contributed by atoms with Crippen LogP contribution in [0, 0.1) is 6.92 Å². The van der Waals surface area contributed by atoms with E-state index in [2.05, 4.69) is 29.9 Å². The van der Waals surface area contributed by atoms with Gasteiger partial charge >= 0.3 is 0 Å². The summed E-state index contributed by atoms with van der Waals surface area (Å²) in [5.74, 6) is 0.00423. The second-order valence-corrected chi connectivity index (χ2v) is 13.6. The van der Waals surface area contributed by atoms with Gasteiger partial charge in [0.2, 0.25) is 5.78 Å². The molecule has 1 amide bonds. The highest BCUT2D eigenvalue weighted by Gasteiger charge is 2.45. The molecule has 2 unspecified atom stereocenters. The lowest BCUT2D eigenvalue weighted by Gasteiger charge is -2.28. The SMILES string of the molecule is COc1ccc(/C=N/c2nc3[nH]nc(C)n3c(=O)c2S(=O)(=O)NN2C(=O)C(CN3CCOCC3)SC2c2ccc(Cl)cc2)cc1. The number of carbonyl (C=O) groups excluding carboxylic acids is 1. The van der Waals surface area contributed by atoms with Gasteiger partial charge in [-0.25, -0.2) is 27.9 Å². The lowest BCUT2D eigenvalue weighted by atomic mass is 10.2. The average molecular weight is 673 g/mol. The molecule has 236 valence electrons. The Hall–Kier alpha value is -3.80. The molecule has 2 fully saturated rings. The van der Waals surface area contributed by atoms with E-state index in [1.54, 1.807) is 48.5 Å². The Morgan fingerprint density at radius 1 is 1.16 bits per heavy atom. The molecule has 0 spiro atoms. The number of fused-ring (bicyclic) bond motifs is 1. The molecule has 2 atom stereocenters. The first kappa shape index (κ1) is 31.2. The normalized spacial score (nSPS) is 19.6. The Balaban J connectivity index is 1.39. The predicted molar refractivity (Wildman–Crippen MR) is 169 cm³/mol. The van der Waals surface area contributed by atoms with Crippen molar-refractivity contribution in [2.45, 2.75) is 22.4 Å². The van der Waals surface area contributed by atoms with E-state index in [1.165, 1.54) is 32.0 Å². The summed E-state index contributed by atoms with van der Waals surface area (Å²) in [6.45, 7) is 4.35. The quantitative estimate of drug-likeness (QED) is 0.252. The molecule has 14 nitrogen and oxygen atoms in total. The molecule has 0 bridgehead atoms. The number of halogens is 1. The highest BCUT2D eigenvalue weighted by Crippen LogP contribution is 2.43. The second-order valence-electron chi connectivity index (χ2n) is 10.3. The molecule has 0 radical (unpaired) electrons. The molecule has 2 N–H and O–H groups in total. The van der Waals surface area contributed by atoms with Crippen molar-refractivity contribution in [3.8, 4) is 5.75 Å². The van der Waals surface area contributed by atoms with Crippen LogP contribution < -0.4 is 15.1 Å². The summed E-state index contributed by atoms with van der Waals surface area (Å²) in [5, 5.41) is 6.85. The third kappa shape index (κ3) is 6.47. The summed E-state index contributed by atoms with van der Waals surface area (Å²) in [6, 6.07) is 13.7. The van der Waals surface area contributed by atoms with Crippen LogP contribution in [0.25, 0.3) is 5.78 Å². The molecular formula is C28H29ClN8O6S2. The second kappa shape index (κ2) is 12.9. The Bertz CT molecular complexity index is 1910. The van der Waals surface area contributed by atoms with Crippen LogP contribution in [0.1, 0.15) is 22.3 Å².